The van der Waals surface area contributed by atoms with Crippen LogP contribution in [0.3, 0.4) is 0 Å². The van der Waals surface area contributed by atoms with Crippen LogP contribution in [0.2, 0.25) is 0 Å². The van der Waals surface area contributed by atoms with Crippen molar-refractivity contribution >= 4 is 34.1 Å². The molecular weight excluding hydrogens is 799 g/mol. The van der Waals surface area contributed by atoms with E-state index in [1.165, 1.54) is 22.3 Å². The number of aromatic nitrogens is 1. The van der Waals surface area contributed by atoms with Crippen molar-refractivity contribution in [2.45, 2.75) is 26.2 Å². The molecule has 0 atom stereocenters. The Kier molecular flexibility index (Phi) is 11.7. The van der Waals surface area contributed by atoms with Crippen molar-refractivity contribution in [3.05, 3.63) is 260 Å². The molecule has 0 bridgehead atoms. The normalized spacial score (nSPS) is 11.3. The Morgan fingerprint density at radius 1 is 0.288 bits per heavy atom. The van der Waals surface area contributed by atoms with Gasteiger partial charge in [0.1, 0.15) is 0 Å². The summed E-state index contributed by atoms with van der Waals surface area (Å²) in [6.07, 6.45) is 0. The molecule has 3 nitrogen and oxygen atoms in total. The summed E-state index contributed by atoms with van der Waals surface area (Å²) in [5.41, 5.74) is 18.1. The summed E-state index contributed by atoms with van der Waals surface area (Å²) in [5, 5.41) is 0. The number of para-hydroxylation sites is 1. The van der Waals surface area contributed by atoms with E-state index in [0.29, 0.717) is 0 Å². The van der Waals surface area contributed by atoms with Gasteiger partial charge in [0.05, 0.1) is 28.5 Å². The Balaban J connectivity index is 1.30. The average Bonchev–Trinajstić information content (AvgIpc) is 3.38. The van der Waals surface area contributed by atoms with Gasteiger partial charge in [-0.25, -0.2) is 4.98 Å². The third-order valence-electron chi connectivity index (χ3n) is 12.2. The van der Waals surface area contributed by atoms with Crippen LogP contribution in [0.25, 0.3) is 55.9 Å². The van der Waals surface area contributed by atoms with Crippen LogP contribution in [0.4, 0.5) is 34.1 Å². The van der Waals surface area contributed by atoms with E-state index in [1.54, 1.807) is 0 Å². The van der Waals surface area contributed by atoms with E-state index in [1.807, 2.05) is 0 Å². The van der Waals surface area contributed by atoms with Gasteiger partial charge in [-0.2, -0.15) is 0 Å². The lowest BCUT2D eigenvalue weighted by Gasteiger charge is -2.35. The van der Waals surface area contributed by atoms with Crippen LogP contribution in [-0.2, 0) is 5.41 Å². The highest BCUT2D eigenvalue weighted by molar-refractivity contribution is 6.00. The molecule has 0 aliphatic rings. The van der Waals surface area contributed by atoms with Gasteiger partial charge in [-0.3, -0.25) is 0 Å². The summed E-state index contributed by atoms with van der Waals surface area (Å²) >= 11 is 0. The maximum absolute atomic E-state index is 5.33. The number of hydrogen-bond donors (Lipinski definition) is 0. The van der Waals surface area contributed by atoms with Gasteiger partial charge in [-0.15, -0.1) is 0 Å². The van der Waals surface area contributed by atoms with Gasteiger partial charge < -0.3 is 9.80 Å². The third kappa shape index (κ3) is 8.80. The highest BCUT2D eigenvalue weighted by atomic mass is 15.2. The summed E-state index contributed by atoms with van der Waals surface area (Å²) in [6, 6.07) is 91.3. The molecule has 10 aromatic rings. The fourth-order valence-corrected chi connectivity index (χ4v) is 8.78. The lowest BCUT2D eigenvalue weighted by Crippen LogP contribution is -2.19. The summed E-state index contributed by atoms with van der Waals surface area (Å²) < 4.78 is 0. The van der Waals surface area contributed by atoms with Gasteiger partial charge in [-0.05, 0) is 99.5 Å². The zero-order valence-corrected chi connectivity index (χ0v) is 37.6. The SMILES string of the molecule is CC(C)(C)c1cc(N(c2ccc(-c3ccccc3)cc2)c2cccc(-c3ccccc3)c2)c(-c2ccccc2)c(N(c2ccccc2)c2cc(-c3ccccc3)nc(-c3ccccc3)c2)c1. The monoisotopic (exact) mass is 849 g/mol. The lowest BCUT2D eigenvalue weighted by atomic mass is 9.84. The highest BCUT2D eigenvalue weighted by Gasteiger charge is 2.29. The van der Waals surface area contributed by atoms with Crippen LogP contribution < -0.4 is 9.80 Å². The topological polar surface area (TPSA) is 19.4 Å². The largest absolute Gasteiger partial charge is 0.310 e. The van der Waals surface area contributed by atoms with Gasteiger partial charge in [0.2, 0.25) is 0 Å². The summed E-state index contributed by atoms with van der Waals surface area (Å²) in [4.78, 5) is 10.2. The van der Waals surface area contributed by atoms with Crippen molar-refractivity contribution < 1.29 is 0 Å². The summed E-state index contributed by atoms with van der Waals surface area (Å²) in [7, 11) is 0. The minimum atomic E-state index is -0.224. The molecule has 9 aromatic carbocycles. The molecule has 0 aliphatic carbocycles. The third-order valence-corrected chi connectivity index (χ3v) is 12.2. The molecule has 318 valence electrons. The fourth-order valence-electron chi connectivity index (χ4n) is 8.78. The number of benzene rings is 9. The van der Waals surface area contributed by atoms with Gasteiger partial charge in [-0.1, -0.05) is 215 Å². The Morgan fingerprint density at radius 3 is 1.14 bits per heavy atom. The van der Waals surface area contributed by atoms with Crippen LogP contribution in [-0.4, -0.2) is 4.98 Å². The van der Waals surface area contributed by atoms with E-state index in [0.717, 1.165) is 73.3 Å². The molecule has 10 rings (SSSR count). The number of nitrogens with zero attached hydrogens (tertiary/aromatic N) is 3. The van der Waals surface area contributed by atoms with E-state index >= 15 is 0 Å². The first kappa shape index (κ1) is 41.7. The molecule has 0 saturated heterocycles. The van der Waals surface area contributed by atoms with Crippen molar-refractivity contribution in [2.75, 3.05) is 9.80 Å². The second-order valence-corrected chi connectivity index (χ2v) is 17.7. The molecule has 0 aliphatic heterocycles. The average molecular weight is 850 g/mol. The van der Waals surface area contributed by atoms with Gasteiger partial charge in [0.15, 0.2) is 0 Å². The molecule has 0 N–H and O–H groups in total. The van der Waals surface area contributed by atoms with E-state index in [4.69, 9.17) is 4.98 Å². The summed E-state index contributed by atoms with van der Waals surface area (Å²) in [6.45, 7) is 6.94. The smallest absolute Gasteiger partial charge is 0.0730 e. The zero-order chi connectivity index (χ0) is 44.9. The van der Waals surface area contributed by atoms with E-state index in [9.17, 15) is 0 Å². The standard InChI is InChI=1S/C63H51N3/c1-63(2,3)53-42-60(65(55-39-37-48(38-40-55)46-23-10-4-11-24-46)56-36-22-33-52(41-56)47-25-12-5-13-26-47)62(51-31-18-8-19-32-51)61(43-53)66(54-34-20-9-21-35-54)57-44-58(49-27-14-6-15-28-49)64-59(45-57)50-29-16-7-17-30-50/h4-45H,1-3H3. The van der Waals surface area contributed by atoms with Crippen LogP contribution >= 0.6 is 0 Å². The van der Waals surface area contributed by atoms with E-state index < -0.39 is 0 Å². The molecule has 0 saturated carbocycles. The molecule has 0 radical (unpaired) electrons. The molecule has 66 heavy (non-hydrogen) atoms. The molecule has 1 aromatic heterocycles. The highest BCUT2D eigenvalue weighted by Crippen LogP contribution is 2.52. The van der Waals surface area contributed by atoms with Crippen LogP contribution in [0.15, 0.2) is 255 Å². The molecule has 1 heterocycles. The molecule has 0 spiro atoms. The number of hydrogen-bond acceptors (Lipinski definition) is 3. The van der Waals surface area contributed by atoms with Crippen molar-refractivity contribution in [3.8, 4) is 55.9 Å². The van der Waals surface area contributed by atoms with Crippen LogP contribution in [0.1, 0.15) is 26.3 Å². The number of anilines is 6. The first-order chi connectivity index (χ1) is 32.4. The first-order valence-electron chi connectivity index (χ1n) is 22.7. The molecule has 3 heteroatoms. The Morgan fingerprint density at radius 2 is 0.652 bits per heavy atom. The minimum Gasteiger partial charge on any atom is -0.310 e. The Labute approximate surface area is 389 Å². The van der Waals surface area contributed by atoms with E-state index in [2.05, 4.69) is 285 Å². The second kappa shape index (κ2) is 18.4. The number of pyridine rings is 1. The number of rotatable bonds is 11. The lowest BCUT2D eigenvalue weighted by molar-refractivity contribution is 0.590. The molecule has 0 unspecified atom stereocenters. The molecule has 0 amide bonds. The molecule has 0 fully saturated rings. The quantitative estimate of drug-likeness (QED) is 0.129. The van der Waals surface area contributed by atoms with Crippen molar-refractivity contribution in [1.29, 1.82) is 0 Å². The first-order valence-corrected chi connectivity index (χ1v) is 22.7. The Hall–Kier alpha value is -8.27. The van der Waals surface area contributed by atoms with E-state index in [-0.39, 0.29) is 5.41 Å². The van der Waals surface area contributed by atoms with Crippen molar-refractivity contribution in [3.63, 3.8) is 0 Å². The van der Waals surface area contributed by atoms with Crippen LogP contribution in [0.5, 0.6) is 0 Å². The van der Waals surface area contributed by atoms with Crippen molar-refractivity contribution in [1.82, 2.24) is 4.98 Å². The zero-order valence-electron chi connectivity index (χ0n) is 37.6. The van der Waals surface area contributed by atoms with Crippen LogP contribution in [0, 0.1) is 0 Å². The fraction of sp³-hybridized carbons (Fsp3) is 0.0635. The molecular formula is C63H51N3. The van der Waals surface area contributed by atoms with Gasteiger partial charge >= 0.3 is 0 Å². The van der Waals surface area contributed by atoms with Gasteiger partial charge in [0.25, 0.3) is 0 Å². The maximum atomic E-state index is 5.33. The maximum Gasteiger partial charge on any atom is 0.0730 e. The summed E-state index contributed by atoms with van der Waals surface area (Å²) in [5.74, 6) is 0. The van der Waals surface area contributed by atoms with Gasteiger partial charge in [0, 0.05) is 33.8 Å². The predicted octanol–water partition coefficient (Wildman–Crippen LogP) is 17.7. The Bertz CT molecular complexity index is 3120. The van der Waals surface area contributed by atoms with Crippen molar-refractivity contribution in [2.24, 2.45) is 0 Å². The second-order valence-electron chi connectivity index (χ2n) is 17.7. The minimum absolute atomic E-state index is 0.224. The predicted molar refractivity (Wildman–Crippen MR) is 279 cm³/mol.